The lowest BCUT2D eigenvalue weighted by molar-refractivity contribution is 0.344. The molecule has 0 aliphatic heterocycles. The van der Waals surface area contributed by atoms with Crippen LogP contribution in [0.5, 0.6) is 0 Å². The predicted molar refractivity (Wildman–Crippen MR) is 104 cm³/mol. The van der Waals surface area contributed by atoms with Crippen molar-refractivity contribution in [1.29, 1.82) is 0 Å². The van der Waals surface area contributed by atoms with Crippen LogP contribution in [0.25, 0.3) is 11.0 Å². The second-order valence-corrected chi connectivity index (χ2v) is 7.09. The number of fused-ring (bicyclic) bond motifs is 1. The van der Waals surface area contributed by atoms with Gasteiger partial charge in [-0.25, -0.2) is 15.0 Å². The lowest BCUT2D eigenvalue weighted by Crippen LogP contribution is -2.35. The molecule has 136 valence electrons. The number of anilines is 1. The van der Waals surface area contributed by atoms with Crippen molar-refractivity contribution in [2.75, 3.05) is 11.9 Å². The summed E-state index contributed by atoms with van der Waals surface area (Å²) in [5.74, 6) is 3.30. The summed E-state index contributed by atoms with van der Waals surface area (Å²) in [4.78, 5) is 13.9. The van der Waals surface area contributed by atoms with Crippen molar-refractivity contribution in [2.45, 2.75) is 51.6 Å². The Morgan fingerprint density at radius 1 is 1.19 bits per heavy atom. The molecule has 0 unspecified atom stereocenters. The van der Waals surface area contributed by atoms with Crippen LogP contribution in [0.4, 0.5) is 5.82 Å². The molecule has 6 nitrogen and oxygen atoms in total. The smallest absolute Gasteiger partial charge is 0.129 e. The molecular weight excluding hydrogens is 324 g/mol. The second kappa shape index (κ2) is 7.03. The standard InChI is InChI=1S/C20H26N6/c1-3-26-18-7-5-4-6-16(18)25-20(26)8-9-22-19-12-17(23-13(2)24-19)14-10-15(21)11-14/h4-7,12,14-15H,3,8-11,21H2,1-2H3,(H,22,23,24). The number of nitrogens with zero attached hydrogens (tertiary/aromatic N) is 4. The molecule has 6 heteroatoms. The molecule has 0 spiro atoms. The van der Waals surface area contributed by atoms with Gasteiger partial charge in [-0.1, -0.05) is 12.1 Å². The minimum atomic E-state index is 0.328. The molecule has 2 aromatic heterocycles. The number of benzene rings is 1. The van der Waals surface area contributed by atoms with Crippen LogP contribution in [0, 0.1) is 6.92 Å². The predicted octanol–water partition coefficient (Wildman–Crippen LogP) is 3.01. The topological polar surface area (TPSA) is 81.7 Å². The van der Waals surface area contributed by atoms with Gasteiger partial charge in [0, 0.05) is 43.2 Å². The summed E-state index contributed by atoms with van der Waals surface area (Å²) in [6.45, 7) is 5.83. The molecule has 1 fully saturated rings. The lowest BCUT2D eigenvalue weighted by atomic mass is 9.78. The van der Waals surface area contributed by atoms with Gasteiger partial charge in [0.15, 0.2) is 0 Å². The quantitative estimate of drug-likeness (QED) is 0.714. The van der Waals surface area contributed by atoms with E-state index in [0.29, 0.717) is 12.0 Å². The highest BCUT2D eigenvalue weighted by Gasteiger charge is 2.28. The highest BCUT2D eigenvalue weighted by molar-refractivity contribution is 5.75. The monoisotopic (exact) mass is 350 g/mol. The molecule has 2 heterocycles. The Balaban J connectivity index is 1.45. The average Bonchev–Trinajstić information content (AvgIpc) is 2.96. The third-order valence-electron chi connectivity index (χ3n) is 5.16. The number of nitrogens with one attached hydrogen (secondary N) is 1. The third-order valence-corrected chi connectivity index (χ3v) is 5.16. The van der Waals surface area contributed by atoms with Crippen molar-refractivity contribution < 1.29 is 0 Å². The molecule has 1 aliphatic rings. The van der Waals surface area contributed by atoms with Crippen LogP contribution in [-0.2, 0) is 13.0 Å². The number of nitrogens with two attached hydrogens (primary N) is 1. The zero-order chi connectivity index (χ0) is 18.1. The van der Waals surface area contributed by atoms with Crippen LogP contribution in [0.3, 0.4) is 0 Å². The molecule has 0 bridgehead atoms. The van der Waals surface area contributed by atoms with Gasteiger partial charge in [0.1, 0.15) is 17.5 Å². The number of para-hydroxylation sites is 2. The van der Waals surface area contributed by atoms with E-state index in [2.05, 4.69) is 51.0 Å². The Hall–Kier alpha value is -2.47. The van der Waals surface area contributed by atoms with E-state index < -0.39 is 0 Å². The van der Waals surface area contributed by atoms with E-state index >= 15 is 0 Å². The molecule has 0 saturated heterocycles. The Bertz CT molecular complexity index is 910. The Morgan fingerprint density at radius 2 is 2.00 bits per heavy atom. The third kappa shape index (κ3) is 3.29. The second-order valence-electron chi connectivity index (χ2n) is 7.09. The highest BCUT2D eigenvalue weighted by Crippen LogP contribution is 2.35. The maximum Gasteiger partial charge on any atom is 0.129 e. The van der Waals surface area contributed by atoms with Crippen LogP contribution in [0.1, 0.15) is 43.0 Å². The van der Waals surface area contributed by atoms with Crippen molar-refractivity contribution in [3.8, 4) is 0 Å². The first-order valence-electron chi connectivity index (χ1n) is 9.43. The fraction of sp³-hybridized carbons (Fsp3) is 0.450. The Labute approximate surface area is 153 Å². The zero-order valence-corrected chi connectivity index (χ0v) is 15.4. The number of aryl methyl sites for hydroxylation is 2. The van der Waals surface area contributed by atoms with Crippen molar-refractivity contribution in [3.05, 3.63) is 47.7 Å². The van der Waals surface area contributed by atoms with Gasteiger partial charge in [-0.2, -0.15) is 0 Å². The molecule has 3 aromatic rings. The zero-order valence-electron chi connectivity index (χ0n) is 15.4. The number of imidazole rings is 1. The van der Waals surface area contributed by atoms with Crippen molar-refractivity contribution in [3.63, 3.8) is 0 Å². The molecule has 0 atom stereocenters. The van der Waals surface area contributed by atoms with E-state index in [1.807, 2.05) is 13.0 Å². The summed E-state index contributed by atoms with van der Waals surface area (Å²) in [5.41, 5.74) is 9.29. The van der Waals surface area contributed by atoms with Crippen LogP contribution in [0.15, 0.2) is 30.3 Å². The number of rotatable bonds is 6. The highest BCUT2D eigenvalue weighted by atomic mass is 15.1. The summed E-state index contributed by atoms with van der Waals surface area (Å²) in [5, 5.41) is 3.45. The van der Waals surface area contributed by atoms with Gasteiger partial charge in [-0.15, -0.1) is 0 Å². The van der Waals surface area contributed by atoms with Crippen molar-refractivity contribution >= 4 is 16.9 Å². The molecular formula is C20H26N6. The minimum Gasteiger partial charge on any atom is -0.370 e. The molecule has 1 aromatic carbocycles. The van der Waals surface area contributed by atoms with Crippen LogP contribution in [0.2, 0.25) is 0 Å². The van der Waals surface area contributed by atoms with E-state index in [1.54, 1.807) is 0 Å². The van der Waals surface area contributed by atoms with Gasteiger partial charge in [0.2, 0.25) is 0 Å². The summed E-state index contributed by atoms with van der Waals surface area (Å²) >= 11 is 0. The lowest BCUT2D eigenvalue weighted by Gasteiger charge is -2.32. The first-order valence-corrected chi connectivity index (χ1v) is 9.43. The van der Waals surface area contributed by atoms with Crippen LogP contribution < -0.4 is 11.1 Å². The fourth-order valence-corrected chi connectivity index (χ4v) is 3.77. The number of hydrogen-bond acceptors (Lipinski definition) is 5. The van der Waals surface area contributed by atoms with Gasteiger partial charge in [0.05, 0.1) is 11.0 Å². The van der Waals surface area contributed by atoms with Crippen molar-refractivity contribution in [2.24, 2.45) is 5.73 Å². The van der Waals surface area contributed by atoms with E-state index in [-0.39, 0.29) is 0 Å². The summed E-state index contributed by atoms with van der Waals surface area (Å²) in [6, 6.07) is 10.7. The van der Waals surface area contributed by atoms with E-state index in [9.17, 15) is 0 Å². The van der Waals surface area contributed by atoms with Gasteiger partial charge in [-0.3, -0.25) is 0 Å². The number of hydrogen-bond donors (Lipinski definition) is 2. The Kier molecular flexibility index (Phi) is 4.59. The molecule has 1 saturated carbocycles. The maximum absolute atomic E-state index is 5.92. The van der Waals surface area contributed by atoms with E-state index in [1.165, 1.54) is 5.52 Å². The van der Waals surface area contributed by atoms with E-state index in [4.69, 9.17) is 10.7 Å². The molecule has 26 heavy (non-hydrogen) atoms. The molecule has 0 radical (unpaired) electrons. The molecule has 1 aliphatic carbocycles. The normalized spacial score (nSPS) is 19.5. The van der Waals surface area contributed by atoms with Gasteiger partial charge >= 0.3 is 0 Å². The summed E-state index contributed by atoms with van der Waals surface area (Å²) in [6.07, 6.45) is 2.90. The van der Waals surface area contributed by atoms with Gasteiger partial charge in [-0.05, 0) is 38.8 Å². The summed E-state index contributed by atoms with van der Waals surface area (Å²) < 4.78 is 2.28. The van der Waals surface area contributed by atoms with Crippen LogP contribution in [-0.4, -0.2) is 32.1 Å². The van der Waals surface area contributed by atoms with E-state index in [0.717, 1.165) is 61.0 Å². The molecule has 0 amide bonds. The maximum atomic E-state index is 5.92. The Morgan fingerprint density at radius 3 is 2.77 bits per heavy atom. The average molecular weight is 350 g/mol. The molecule has 4 rings (SSSR count). The minimum absolute atomic E-state index is 0.328. The fourth-order valence-electron chi connectivity index (χ4n) is 3.77. The van der Waals surface area contributed by atoms with Crippen LogP contribution >= 0.6 is 0 Å². The SMILES string of the molecule is CCn1c(CCNc2cc(C3CC(N)C3)nc(C)n2)nc2ccccc21. The van der Waals surface area contributed by atoms with Gasteiger partial charge < -0.3 is 15.6 Å². The molecule has 3 N–H and O–H groups in total. The largest absolute Gasteiger partial charge is 0.370 e. The van der Waals surface area contributed by atoms with Crippen molar-refractivity contribution in [1.82, 2.24) is 19.5 Å². The summed E-state index contributed by atoms with van der Waals surface area (Å²) in [7, 11) is 0. The first-order chi connectivity index (χ1) is 12.6. The van der Waals surface area contributed by atoms with Gasteiger partial charge in [0.25, 0.3) is 0 Å². The number of aromatic nitrogens is 4. The first kappa shape index (κ1) is 17.0.